The first-order chi connectivity index (χ1) is 9.07. The Balaban J connectivity index is 1.84. The first-order valence-electron chi connectivity index (χ1n) is 6.30. The second-order valence-electron chi connectivity index (χ2n) is 5.04. The Kier molecular flexibility index (Phi) is 2.67. The molecular formula is C13H15N3O3. The fourth-order valence-corrected chi connectivity index (χ4v) is 2.52. The molecule has 6 heteroatoms. The van der Waals surface area contributed by atoms with E-state index in [1.807, 2.05) is 0 Å². The Morgan fingerprint density at radius 1 is 1.37 bits per heavy atom. The number of hydrogen-bond acceptors (Lipinski definition) is 4. The average molecular weight is 261 g/mol. The van der Waals surface area contributed by atoms with Crippen molar-refractivity contribution in [3.05, 3.63) is 28.7 Å². The van der Waals surface area contributed by atoms with E-state index in [1.54, 1.807) is 18.2 Å². The van der Waals surface area contributed by atoms with Gasteiger partial charge in [-0.1, -0.05) is 12.8 Å². The van der Waals surface area contributed by atoms with Crippen LogP contribution in [0, 0.1) is 0 Å². The Bertz CT molecular complexity index is 680. The van der Waals surface area contributed by atoms with E-state index in [-0.39, 0.29) is 5.91 Å². The lowest BCUT2D eigenvalue weighted by Crippen LogP contribution is -2.48. The van der Waals surface area contributed by atoms with Crippen molar-refractivity contribution in [3.63, 3.8) is 0 Å². The summed E-state index contributed by atoms with van der Waals surface area (Å²) in [7, 11) is 0. The molecule has 0 unspecified atom stereocenters. The van der Waals surface area contributed by atoms with Crippen LogP contribution in [0.4, 0.5) is 5.69 Å². The quantitative estimate of drug-likeness (QED) is 0.759. The fraction of sp³-hybridized carbons (Fsp3) is 0.385. The third-order valence-corrected chi connectivity index (χ3v) is 3.62. The number of carbonyl (C=O) groups is 1. The molecule has 4 N–H and O–H groups in total. The van der Waals surface area contributed by atoms with Gasteiger partial charge in [-0.05, 0) is 31.0 Å². The summed E-state index contributed by atoms with van der Waals surface area (Å²) in [6, 6.07) is 4.99. The van der Waals surface area contributed by atoms with Crippen LogP contribution in [0.3, 0.4) is 0 Å². The van der Waals surface area contributed by atoms with E-state index in [4.69, 9.17) is 10.2 Å². The molecule has 1 aliphatic carbocycles. The summed E-state index contributed by atoms with van der Waals surface area (Å²) in [4.78, 5) is 25.7. The first kappa shape index (κ1) is 12.0. The van der Waals surface area contributed by atoms with Gasteiger partial charge in [-0.25, -0.2) is 4.79 Å². The number of H-pyrrole nitrogens is 1. The van der Waals surface area contributed by atoms with Crippen molar-refractivity contribution in [2.75, 3.05) is 5.32 Å². The molecule has 0 bridgehead atoms. The third kappa shape index (κ3) is 2.15. The number of hydrogen-bond donors (Lipinski definition) is 3. The number of aromatic nitrogens is 1. The van der Waals surface area contributed by atoms with Gasteiger partial charge in [0.1, 0.15) is 0 Å². The van der Waals surface area contributed by atoms with Gasteiger partial charge in [0.05, 0.1) is 11.1 Å². The molecule has 2 aromatic rings. The van der Waals surface area contributed by atoms with Crippen molar-refractivity contribution in [2.24, 2.45) is 5.73 Å². The average Bonchev–Trinajstić information content (AvgIpc) is 2.95. The summed E-state index contributed by atoms with van der Waals surface area (Å²) >= 11 is 0. The highest BCUT2D eigenvalue weighted by atomic mass is 16.4. The second-order valence-corrected chi connectivity index (χ2v) is 5.04. The van der Waals surface area contributed by atoms with Gasteiger partial charge in [0, 0.05) is 5.69 Å². The highest BCUT2D eigenvalue weighted by Gasteiger charge is 2.36. The van der Waals surface area contributed by atoms with Crippen LogP contribution in [0.25, 0.3) is 11.1 Å². The minimum absolute atomic E-state index is 0.171. The van der Waals surface area contributed by atoms with Gasteiger partial charge in [0.15, 0.2) is 5.58 Å². The van der Waals surface area contributed by atoms with Crippen LogP contribution < -0.4 is 16.8 Å². The van der Waals surface area contributed by atoms with E-state index in [9.17, 15) is 9.59 Å². The molecule has 0 spiro atoms. The predicted molar refractivity (Wildman–Crippen MR) is 70.9 cm³/mol. The third-order valence-electron chi connectivity index (χ3n) is 3.62. The number of anilines is 1. The van der Waals surface area contributed by atoms with Crippen LogP contribution in [-0.4, -0.2) is 16.4 Å². The van der Waals surface area contributed by atoms with Crippen molar-refractivity contribution < 1.29 is 9.21 Å². The molecule has 0 saturated heterocycles. The summed E-state index contributed by atoms with van der Waals surface area (Å²) in [5, 5.41) is 2.80. The number of benzene rings is 1. The minimum Gasteiger partial charge on any atom is -0.408 e. The maximum absolute atomic E-state index is 12.1. The zero-order chi connectivity index (χ0) is 13.5. The van der Waals surface area contributed by atoms with Crippen LogP contribution in [0.1, 0.15) is 25.7 Å². The number of rotatable bonds is 2. The molecule has 1 heterocycles. The number of carbonyl (C=O) groups excluding carboxylic acids is 1. The molecule has 100 valence electrons. The van der Waals surface area contributed by atoms with Gasteiger partial charge in [-0.2, -0.15) is 0 Å². The zero-order valence-corrected chi connectivity index (χ0v) is 10.4. The molecule has 0 radical (unpaired) electrons. The topological polar surface area (TPSA) is 101 Å². The van der Waals surface area contributed by atoms with Gasteiger partial charge < -0.3 is 15.5 Å². The van der Waals surface area contributed by atoms with Crippen LogP contribution in [-0.2, 0) is 4.79 Å². The summed E-state index contributed by atoms with van der Waals surface area (Å²) < 4.78 is 4.90. The highest BCUT2D eigenvalue weighted by Crippen LogP contribution is 2.28. The molecule has 1 aromatic heterocycles. The van der Waals surface area contributed by atoms with Gasteiger partial charge in [-0.3, -0.25) is 9.78 Å². The lowest BCUT2D eigenvalue weighted by Gasteiger charge is -2.22. The summed E-state index contributed by atoms with van der Waals surface area (Å²) in [5.74, 6) is -0.681. The van der Waals surface area contributed by atoms with Gasteiger partial charge in [-0.15, -0.1) is 0 Å². The van der Waals surface area contributed by atoms with Crippen molar-refractivity contribution in [2.45, 2.75) is 31.2 Å². The van der Waals surface area contributed by atoms with E-state index < -0.39 is 11.3 Å². The summed E-state index contributed by atoms with van der Waals surface area (Å²) in [6.45, 7) is 0. The van der Waals surface area contributed by atoms with Gasteiger partial charge in [0.25, 0.3) is 0 Å². The number of fused-ring (bicyclic) bond motifs is 1. The lowest BCUT2D eigenvalue weighted by molar-refractivity contribution is -0.121. The van der Waals surface area contributed by atoms with Gasteiger partial charge >= 0.3 is 5.76 Å². The van der Waals surface area contributed by atoms with Crippen LogP contribution >= 0.6 is 0 Å². The van der Waals surface area contributed by atoms with Crippen LogP contribution in [0.15, 0.2) is 27.4 Å². The zero-order valence-electron chi connectivity index (χ0n) is 10.4. The minimum atomic E-state index is -0.765. The number of oxazole rings is 1. The number of nitrogens with one attached hydrogen (secondary N) is 2. The largest absolute Gasteiger partial charge is 0.417 e. The molecule has 19 heavy (non-hydrogen) atoms. The van der Waals surface area contributed by atoms with Crippen molar-refractivity contribution in [1.82, 2.24) is 4.98 Å². The standard InChI is InChI=1S/C13H15N3O3/c14-13(5-1-2-6-13)11(17)15-8-3-4-10-9(7-8)16-12(18)19-10/h3-4,7H,1-2,5-6,14H2,(H,15,17)(H,16,18). The maximum Gasteiger partial charge on any atom is 0.417 e. The van der Waals surface area contributed by atoms with Crippen molar-refractivity contribution in [1.29, 1.82) is 0 Å². The second kappa shape index (κ2) is 4.24. The molecule has 1 fully saturated rings. The predicted octanol–water partition coefficient (Wildman–Crippen LogP) is 1.33. The van der Waals surface area contributed by atoms with E-state index in [2.05, 4.69) is 10.3 Å². The van der Waals surface area contributed by atoms with Crippen LogP contribution in [0.2, 0.25) is 0 Å². The Morgan fingerprint density at radius 3 is 2.84 bits per heavy atom. The molecule has 0 atom stereocenters. The van der Waals surface area contributed by atoms with Crippen molar-refractivity contribution >= 4 is 22.7 Å². The molecule has 0 aliphatic heterocycles. The number of aromatic amines is 1. The molecule has 1 aliphatic rings. The lowest BCUT2D eigenvalue weighted by atomic mass is 9.98. The van der Waals surface area contributed by atoms with Gasteiger partial charge in [0.2, 0.25) is 5.91 Å². The molecule has 1 saturated carbocycles. The first-order valence-corrected chi connectivity index (χ1v) is 6.30. The highest BCUT2D eigenvalue weighted by molar-refractivity contribution is 5.99. The Morgan fingerprint density at radius 2 is 2.11 bits per heavy atom. The molecule has 3 rings (SSSR count). The molecule has 6 nitrogen and oxygen atoms in total. The van der Waals surface area contributed by atoms with E-state index in [0.29, 0.717) is 29.6 Å². The summed E-state index contributed by atoms with van der Waals surface area (Å²) in [5.41, 5.74) is 6.94. The Hall–Kier alpha value is -2.08. The fourth-order valence-electron chi connectivity index (χ4n) is 2.52. The number of nitrogens with two attached hydrogens (primary N) is 1. The van der Waals surface area contributed by atoms with E-state index in [1.165, 1.54) is 0 Å². The summed E-state index contributed by atoms with van der Waals surface area (Å²) in [6.07, 6.45) is 3.39. The molecular weight excluding hydrogens is 246 g/mol. The molecule has 1 amide bonds. The maximum atomic E-state index is 12.1. The monoisotopic (exact) mass is 261 g/mol. The van der Waals surface area contributed by atoms with E-state index >= 15 is 0 Å². The number of amides is 1. The Labute approximate surface area is 109 Å². The van der Waals surface area contributed by atoms with Crippen LogP contribution in [0.5, 0.6) is 0 Å². The molecule has 1 aromatic carbocycles. The smallest absolute Gasteiger partial charge is 0.408 e. The van der Waals surface area contributed by atoms with E-state index in [0.717, 1.165) is 12.8 Å². The van der Waals surface area contributed by atoms with Crippen molar-refractivity contribution in [3.8, 4) is 0 Å². The SMILES string of the molecule is NC1(C(=O)Nc2ccc3oc(=O)[nH]c3c2)CCCC1. The normalized spacial score (nSPS) is 17.7.